The Kier molecular flexibility index (Phi) is 6.11. The smallest absolute Gasteiger partial charge is 0.337 e. The summed E-state index contributed by atoms with van der Waals surface area (Å²) < 4.78 is 11.1. The summed E-state index contributed by atoms with van der Waals surface area (Å²) in [5.74, 6) is 0.895. The number of fused-ring (bicyclic) bond motifs is 1. The van der Waals surface area contributed by atoms with E-state index in [9.17, 15) is 9.59 Å². The van der Waals surface area contributed by atoms with Gasteiger partial charge in [-0.3, -0.25) is 4.79 Å². The minimum Gasteiger partial charge on any atom is -0.496 e. The highest BCUT2D eigenvalue weighted by Crippen LogP contribution is 2.22. The monoisotopic (exact) mass is 446 g/mol. The number of carbonyl (C=O) groups excluding carboxylic acids is 1. The molecule has 0 fully saturated rings. The number of hydrogen-bond acceptors (Lipinski definition) is 5. The predicted octanol–water partition coefficient (Wildman–Crippen LogP) is 1.70. The highest BCUT2D eigenvalue weighted by molar-refractivity contribution is 9.10. The molecule has 146 valence electrons. The van der Waals surface area contributed by atoms with Crippen molar-refractivity contribution in [3.05, 3.63) is 68.2 Å². The summed E-state index contributed by atoms with van der Waals surface area (Å²) in [6.45, 7) is 1.19. The summed E-state index contributed by atoms with van der Waals surface area (Å²) in [5, 5.41) is 0.433. The lowest BCUT2D eigenvalue weighted by Gasteiger charge is -2.16. The number of hydrogen-bond donors (Lipinski definition) is 2. The highest BCUT2D eigenvalue weighted by Gasteiger charge is 2.14. The number of ether oxygens (including phenoxy) is 2. The number of benzene rings is 2. The van der Waals surface area contributed by atoms with Crippen LogP contribution in [0, 0.1) is 0 Å². The molecule has 0 saturated heterocycles. The Labute approximate surface area is 170 Å². The summed E-state index contributed by atoms with van der Waals surface area (Å²) in [7, 11) is 4.97. The minimum atomic E-state index is -0.463. The normalized spacial score (nSPS) is 12.0. The first-order valence-corrected chi connectivity index (χ1v) is 9.45. The van der Waals surface area contributed by atoms with Crippen molar-refractivity contribution < 1.29 is 19.2 Å². The fourth-order valence-corrected chi connectivity index (χ4v) is 3.48. The number of nitrogens with one attached hydrogen (secondary N) is 2. The van der Waals surface area contributed by atoms with E-state index in [0.717, 1.165) is 20.7 Å². The lowest BCUT2D eigenvalue weighted by Crippen LogP contribution is -3.06. The number of aromatic nitrogens is 2. The zero-order chi connectivity index (χ0) is 20.3. The van der Waals surface area contributed by atoms with Crippen LogP contribution in [0.2, 0.25) is 0 Å². The van der Waals surface area contributed by atoms with Crippen molar-refractivity contribution in [1.29, 1.82) is 0 Å². The third-order valence-corrected chi connectivity index (χ3v) is 4.87. The van der Waals surface area contributed by atoms with Gasteiger partial charge in [0.05, 0.1) is 37.7 Å². The quantitative estimate of drug-likeness (QED) is 0.562. The van der Waals surface area contributed by atoms with Gasteiger partial charge in [-0.15, -0.1) is 0 Å². The van der Waals surface area contributed by atoms with E-state index in [1.165, 1.54) is 7.11 Å². The third kappa shape index (κ3) is 4.40. The molecule has 0 amide bonds. The van der Waals surface area contributed by atoms with Crippen LogP contribution in [0.25, 0.3) is 10.9 Å². The molecule has 0 spiro atoms. The van der Waals surface area contributed by atoms with Gasteiger partial charge in [0.15, 0.2) is 5.82 Å². The van der Waals surface area contributed by atoms with Crippen LogP contribution >= 0.6 is 15.9 Å². The summed E-state index contributed by atoms with van der Waals surface area (Å²) in [6, 6.07) is 10.6. The van der Waals surface area contributed by atoms with Crippen molar-refractivity contribution in [3.8, 4) is 5.75 Å². The number of carbonyl (C=O) groups is 1. The van der Waals surface area contributed by atoms with Gasteiger partial charge in [-0.05, 0) is 36.4 Å². The molecule has 1 heterocycles. The topological polar surface area (TPSA) is 85.7 Å². The lowest BCUT2D eigenvalue weighted by molar-refractivity contribution is -0.908. The Balaban J connectivity index is 1.86. The number of halogens is 1. The number of esters is 1. The van der Waals surface area contributed by atoms with Crippen molar-refractivity contribution >= 4 is 32.8 Å². The fraction of sp³-hybridized carbons (Fsp3) is 0.250. The molecule has 1 aromatic heterocycles. The van der Waals surface area contributed by atoms with E-state index in [1.807, 2.05) is 25.2 Å². The van der Waals surface area contributed by atoms with Crippen LogP contribution in [0.4, 0.5) is 0 Å². The van der Waals surface area contributed by atoms with E-state index in [2.05, 4.69) is 25.9 Å². The SMILES string of the molecule is COC(=O)c1ccc2c(=O)[nH]c(C[NH+](C)Cc3cc(Br)ccc3OC)nc2c1. The van der Waals surface area contributed by atoms with E-state index in [1.54, 1.807) is 25.3 Å². The Morgan fingerprint density at radius 3 is 2.68 bits per heavy atom. The number of H-pyrrole nitrogens is 1. The lowest BCUT2D eigenvalue weighted by atomic mass is 10.1. The van der Waals surface area contributed by atoms with Crippen molar-refractivity contribution in [2.45, 2.75) is 13.1 Å². The van der Waals surface area contributed by atoms with Gasteiger partial charge in [-0.2, -0.15) is 0 Å². The molecular formula is C20H21BrN3O4+. The van der Waals surface area contributed by atoms with Gasteiger partial charge < -0.3 is 19.4 Å². The molecule has 0 saturated carbocycles. The maximum absolute atomic E-state index is 12.4. The van der Waals surface area contributed by atoms with Gasteiger partial charge in [-0.1, -0.05) is 15.9 Å². The second-order valence-electron chi connectivity index (χ2n) is 6.50. The molecule has 2 aromatic carbocycles. The molecular weight excluding hydrogens is 426 g/mol. The van der Waals surface area contributed by atoms with Gasteiger partial charge in [0.1, 0.15) is 18.8 Å². The zero-order valence-electron chi connectivity index (χ0n) is 15.8. The molecule has 2 N–H and O–H groups in total. The molecule has 1 atom stereocenters. The molecule has 1 unspecified atom stereocenters. The summed E-state index contributed by atoms with van der Waals surface area (Å²) in [4.78, 5) is 32.6. The molecule has 3 aromatic rings. The molecule has 0 bridgehead atoms. The first-order valence-electron chi connectivity index (χ1n) is 8.66. The molecule has 0 radical (unpaired) electrons. The number of rotatable bonds is 6. The Morgan fingerprint density at radius 1 is 1.18 bits per heavy atom. The third-order valence-electron chi connectivity index (χ3n) is 4.38. The molecule has 3 rings (SSSR count). The van der Waals surface area contributed by atoms with Crippen molar-refractivity contribution in [2.75, 3.05) is 21.3 Å². The maximum Gasteiger partial charge on any atom is 0.337 e. The van der Waals surface area contributed by atoms with Crippen LogP contribution < -0.4 is 15.2 Å². The second kappa shape index (κ2) is 8.53. The standard InChI is InChI=1S/C20H20BrN3O4/c1-24(10-13-8-14(21)5-7-17(13)27-2)11-18-22-16-9-12(20(26)28-3)4-6-15(16)19(25)23-18/h4-9H,10-11H2,1-3H3,(H,22,23,25)/p+1. The maximum atomic E-state index is 12.4. The molecule has 8 heteroatoms. The van der Waals surface area contributed by atoms with Crippen LogP contribution in [0.5, 0.6) is 5.75 Å². The summed E-state index contributed by atoms with van der Waals surface area (Å²) >= 11 is 3.48. The van der Waals surface area contributed by atoms with Crippen molar-refractivity contribution in [1.82, 2.24) is 9.97 Å². The molecule has 0 aliphatic carbocycles. The van der Waals surface area contributed by atoms with Crippen LogP contribution in [0.15, 0.2) is 45.7 Å². The van der Waals surface area contributed by atoms with Gasteiger partial charge >= 0.3 is 5.97 Å². The first-order chi connectivity index (χ1) is 13.4. The van der Waals surface area contributed by atoms with E-state index >= 15 is 0 Å². The number of methoxy groups -OCH3 is 2. The van der Waals surface area contributed by atoms with Gasteiger partial charge in [0, 0.05) is 10.0 Å². The largest absolute Gasteiger partial charge is 0.496 e. The molecule has 28 heavy (non-hydrogen) atoms. The minimum absolute atomic E-state index is 0.232. The number of quaternary nitrogens is 1. The van der Waals surface area contributed by atoms with Crippen LogP contribution in [0.1, 0.15) is 21.7 Å². The average molecular weight is 447 g/mol. The van der Waals surface area contributed by atoms with Crippen molar-refractivity contribution in [2.24, 2.45) is 0 Å². The van der Waals surface area contributed by atoms with E-state index < -0.39 is 5.97 Å². The van der Waals surface area contributed by atoms with Crippen LogP contribution in [-0.2, 0) is 17.8 Å². The Morgan fingerprint density at radius 2 is 1.96 bits per heavy atom. The molecule has 0 aliphatic rings. The zero-order valence-corrected chi connectivity index (χ0v) is 17.4. The average Bonchev–Trinajstić information content (AvgIpc) is 2.67. The second-order valence-corrected chi connectivity index (χ2v) is 7.42. The van der Waals surface area contributed by atoms with E-state index in [4.69, 9.17) is 9.47 Å². The summed E-state index contributed by atoms with van der Waals surface area (Å²) in [5.41, 5.74) is 1.64. The summed E-state index contributed by atoms with van der Waals surface area (Å²) in [6.07, 6.45) is 0. The van der Waals surface area contributed by atoms with Crippen LogP contribution in [-0.4, -0.2) is 37.2 Å². The highest BCUT2D eigenvalue weighted by atomic mass is 79.9. The van der Waals surface area contributed by atoms with E-state index in [-0.39, 0.29) is 5.56 Å². The number of nitrogens with zero attached hydrogens (tertiary/aromatic N) is 1. The van der Waals surface area contributed by atoms with Crippen LogP contribution in [0.3, 0.4) is 0 Å². The fourth-order valence-electron chi connectivity index (χ4n) is 3.08. The predicted molar refractivity (Wildman–Crippen MR) is 109 cm³/mol. The molecule has 7 nitrogen and oxygen atoms in total. The van der Waals surface area contributed by atoms with Gasteiger partial charge in [0.2, 0.25) is 0 Å². The number of aromatic amines is 1. The van der Waals surface area contributed by atoms with Gasteiger partial charge in [-0.25, -0.2) is 9.78 Å². The van der Waals surface area contributed by atoms with Gasteiger partial charge in [0.25, 0.3) is 5.56 Å². The van der Waals surface area contributed by atoms with Crippen molar-refractivity contribution in [3.63, 3.8) is 0 Å². The molecule has 0 aliphatic heterocycles. The first kappa shape index (κ1) is 20.0. The van der Waals surface area contributed by atoms with E-state index in [0.29, 0.717) is 35.4 Å². The Hall–Kier alpha value is -2.71. The Bertz CT molecular complexity index is 1080.